The average Bonchev–Trinajstić information content (AvgIpc) is 2.62. The van der Waals surface area contributed by atoms with Crippen molar-refractivity contribution in [2.24, 2.45) is 5.73 Å². The van der Waals surface area contributed by atoms with Gasteiger partial charge in [0.05, 0.1) is 0 Å². The van der Waals surface area contributed by atoms with Gasteiger partial charge in [0, 0.05) is 31.4 Å². The van der Waals surface area contributed by atoms with Crippen LogP contribution in [0.25, 0.3) is 0 Å². The molecule has 0 aliphatic carbocycles. The fraction of sp³-hybridized carbons (Fsp3) is 0.333. The van der Waals surface area contributed by atoms with E-state index in [0.717, 1.165) is 31.6 Å². The number of ether oxygens (including phenoxy) is 1. The van der Waals surface area contributed by atoms with E-state index in [1.807, 2.05) is 35.2 Å². The van der Waals surface area contributed by atoms with Crippen molar-refractivity contribution < 1.29 is 9.53 Å². The topological polar surface area (TPSA) is 68.5 Å². The first-order valence-electron chi connectivity index (χ1n) is 7.98. The van der Waals surface area contributed by atoms with Crippen LogP contribution in [-0.4, -0.2) is 34.9 Å². The molecule has 2 aromatic rings. The minimum atomic E-state index is -0.0707. The van der Waals surface area contributed by atoms with E-state index in [-0.39, 0.29) is 11.9 Å². The van der Waals surface area contributed by atoms with E-state index in [1.165, 1.54) is 0 Å². The molecule has 0 saturated carbocycles. The highest BCUT2D eigenvalue weighted by Gasteiger charge is 2.27. The lowest BCUT2D eigenvalue weighted by Crippen LogP contribution is -2.47. The maximum atomic E-state index is 12.7. The molecule has 5 heteroatoms. The zero-order valence-electron chi connectivity index (χ0n) is 13.0. The van der Waals surface area contributed by atoms with Gasteiger partial charge >= 0.3 is 0 Å². The van der Waals surface area contributed by atoms with Crippen LogP contribution in [0.2, 0.25) is 0 Å². The first-order chi connectivity index (χ1) is 11.3. The summed E-state index contributed by atoms with van der Waals surface area (Å²) in [6, 6.07) is 13.0. The Bertz CT molecular complexity index is 660. The lowest BCUT2D eigenvalue weighted by atomic mass is 10.0. The second-order valence-electron chi connectivity index (χ2n) is 5.68. The Balaban J connectivity index is 1.77. The Morgan fingerprint density at radius 1 is 1.22 bits per heavy atom. The third-order valence-corrected chi connectivity index (χ3v) is 4.09. The molecule has 1 aromatic carbocycles. The molecule has 3 rings (SSSR count). The highest BCUT2D eigenvalue weighted by Crippen LogP contribution is 2.23. The Morgan fingerprint density at radius 2 is 2.04 bits per heavy atom. The molecule has 0 unspecified atom stereocenters. The second-order valence-corrected chi connectivity index (χ2v) is 5.68. The van der Waals surface area contributed by atoms with Crippen LogP contribution in [0.4, 0.5) is 0 Å². The molecule has 0 radical (unpaired) electrons. The average molecular weight is 311 g/mol. The van der Waals surface area contributed by atoms with E-state index in [2.05, 4.69) is 4.98 Å². The highest BCUT2D eigenvalue weighted by molar-refractivity contribution is 5.93. The van der Waals surface area contributed by atoms with Crippen molar-refractivity contribution in [1.82, 2.24) is 9.88 Å². The molecule has 23 heavy (non-hydrogen) atoms. The van der Waals surface area contributed by atoms with Crippen molar-refractivity contribution >= 4 is 5.91 Å². The van der Waals surface area contributed by atoms with Crippen LogP contribution in [0.5, 0.6) is 11.5 Å². The molecule has 1 aliphatic heterocycles. The van der Waals surface area contributed by atoms with E-state index in [4.69, 9.17) is 10.5 Å². The van der Waals surface area contributed by atoms with Crippen LogP contribution in [0.1, 0.15) is 29.8 Å². The molecule has 0 spiro atoms. The maximum absolute atomic E-state index is 12.7. The Kier molecular flexibility index (Phi) is 4.88. The molecule has 1 aliphatic rings. The molecule has 120 valence electrons. The van der Waals surface area contributed by atoms with Gasteiger partial charge in [0.15, 0.2) is 0 Å². The first-order valence-corrected chi connectivity index (χ1v) is 7.98. The summed E-state index contributed by atoms with van der Waals surface area (Å²) in [5.74, 6) is 1.27. The van der Waals surface area contributed by atoms with Crippen LogP contribution >= 0.6 is 0 Å². The number of hydrogen-bond acceptors (Lipinski definition) is 4. The smallest absolute Gasteiger partial charge is 0.272 e. The number of para-hydroxylation sites is 1. The number of nitrogens with zero attached hydrogens (tertiary/aromatic N) is 2. The fourth-order valence-corrected chi connectivity index (χ4v) is 2.88. The van der Waals surface area contributed by atoms with E-state index in [1.54, 1.807) is 18.3 Å². The van der Waals surface area contributed by atoms with Gasteiger partial charge in [-0.3, -0.25) is 9.78 Å². The molecule has 2 N–H and O–H groups in total. The summed E-state index contributed by atoms with van der Waals surface area (Å²) in [5.41, 5.74) is 6.20. The number of pyridine rings is 1. The zero-order valence-corrected chi connectivity index (χ0v) is 13.0. The molecular weight excluding hydrogens is 290 g/mol. The fourth-order valence-electron chi connectivity index (χ4n) is 2.88. The number of carbonyl (C=O) groups excluding carboxylic acids is 1. The lowest BCUT2D eigenvalue weighted by molar-refractivity contribution is 0.0617. The number of likely N-dealkylation sites (tertiary alicyclic amines) is 1. The third-order valence-electron chi connectivity index (χ3n) is 4.09. The lowest BCUT2D eigenvalue weighted by Gasteiger charge is -2.34. The predicted molar refractivity (Wildman–Crippen MR) is 88.5 cm³/mol. The number of rotatable bonds is 4. The van der Waals surface area contributed by atoms with Crippen molar-refractivity contribution in [3.8, 4) is 11.5 Å². The molecule has 1 atom stereocenters. The van der Waals surface area contributed by atoms with Gasteiger partial charge in [-0.25, -0.2) is 0 Å². The molecule has 1 saturated heterocycles. The SMILES string of the molecule is NC[C@H]1CCCCN1C(=O)c1cc(Oc2ccccc2)ccn1. The Hall–Kier alpha value is -2.40. The number of piperidine rings is 1. The third kappa shape index (κ3) is 3.68. The van der Waals surface area contributed by atoms with Crippen molar-refractivity contribution in [3.05, 3.63) is 54.4 Å². The van der Waals surface area contributed by atoms with Crippen LogP contribution in [0.15, 0.2) is 48.7 Å². The minimum absolute atomic E-state index is 0.0707. The summed E-state index contributed by atoms with van der Waals surface area (Å²) in [5, 5.41) is 0. The summed E-state index contributed by atoms with van der Waals surface area (Å²) in [6.07, 6.45) is 4.70. The van der Waals surface area contributed by atoms with Crippen molar-refractivity contribution in [2.75, 3.05) is 13.1 Å². The Morgan fingerprint density at radius 3 is 2.83 bits per heavy atom. The van der Waals surface area contributed by atoms with Crippen molar-refractivity contribution in [2.45, 2.75) is 25.3 Å². The number of amides is 1. The summed E-state index contributed by atoms with van der Waals surface area (Å²) in [7, 11) is 0. The normalized spacial score (nSPS) is 17.8. The van der Waals surface area contributed by atoms with Crippen molar-refractivity contribution in [3.63, 3.8) is 0 Å². The number of nitrogens with two attached hydrogens (primary N) is 1. The number of carbonyl (C=O) groups is 1. The van der Waals surface area contributed by atoms with E-state index < -0.39 is 0 Å². The van der Waals surface area contributed by atoms with Gasteiger partial charge in [-0.1, -0.05) is 18.2 Å². The van der Waals surface area contributed by atoms with Gasteiger partial charge in [0.2, 0.25) is 0 Å². The van der Waals surface area contributed by atoms with Gasteiger partial charge in [-0.15, -0.1) is 0 Å². The first kappa shape index (κ1) is 15.5. The molecule has 2 heterocycles. The van der Waals surface area contributed by atoms with Gasteiger partial charge in [-0.05, 0) is 37.5 Å². The largest absolute Gasteiger partial charge is 0.457 e. The van der Waals surface area contributed by atoms with Crippen LogP contribution in [0, 0.1) is 0 Å². The van der Waals surface area contributed by atoms with Crippen LogP contribution in [0.3, 0.4) is 0 Å². The molecule has 1 aromatic heterocycles. The van der Waals surface area contributed by atoms with Crippen LogP contribution in [-0.2, 0) is 0 Å². The zero-order chi connectivity index (χ0) is 16.1. The van der Waals surface area contributed by atoms with E-state index in [9.17, 15) is 4.79 Å². The Labute approximate surface area is 136 Å². The summed E-state index contributed by atoms with van der Waals surface area (Å²) in [6.45, 7) is 1.23. The molecule has 1 amide bonds. The molecular formula is C18H21N3O2. The number of hydrogen-bond donors (Lipinski definition) is 1. The molecule has 0 bridgehead atoms. The van der Waals surface area contributed by atoms with Gasteiger partial charge < -0.3 is 15.4 Å². The summed E-state index contributed by atoms with van der Waals surface area (Å²) >= 11 is 0. The minimum Gasteiger partial charge on any atom is -0.457 e. The van der Waals surface area contributed by atoms with Gasteiger partial charge in [0.1, 0.15) is 17.2 Å². The molecule has 1 fully saturated rings. The predicted octanol–water partition coefficient (Wildman–Crippen LogP) is 2.83. The summed E-state index contributed by atoms with van der Waals surface area (Å²) < 4.78 is 5.77. The number of aromatic nitrogens is 1. The summed E-state index contributed by atoms with van der Waals surface area (Å²) in [4.78, 5) is 18.8. The standard InChI is InChI=1S/C18H21N3O2/c19-13-14-6-4-5-11-21(14)18(22)17-12-16(9-10-20-17)23-15-7-2-1-3-8-15/h1-3,7-10,12,14H,4-6,11,13,19H2/t14-/m1/s1. The number of benzene rings is 1. The maximum Gasteiger partial charge on any atom is 0.272 e. The second kappa shape index (κ2) is 7.24. The van der Waals surface area contributed by atoms with Crippen LogP contribution < -0.4 is 10.5 Å². The van der Waals surface area contributed by atoms with Gasteiger partial charge in [0.25, 0.3) is 5.91 Å². The molecule has 5 nitrogen and oxygen atoms in total. The highest BCUT2D eigenvalue weighted by atomic mass is 16.5. The quantitative estimate of drug-likeness (QED) is 0.942. The van der Waals surface area contributed by atoms with E-state index in [0.29, 0.717) is 18.0 Å². The van der Waals surface area contributed by atoms with Gasteiger partial charge in [-0.2, -0.15) is 0 Å². The monoisotopic (exact) mass is 311 g/mol. The van der Waals surface area contributed by atoms with E-state index >= 15 is 0 Å². The van der Waals surface area contributed by atoms with Crippen molar-refractivity contribution in [1.29, 1.82) is 0 Å².